The van der Waals surface area contributed by atoms with Gasteiger partial charge in [-0.05, 0) is 31.1 Å². The fourth-order valence-electron chi connectivity index (χ4n) is 3.03. The Balaban J connectivity index is 1.86. The molecule has 1 heterocycles. The molecule has 5 heteroatoms. The van der Waals surface area contributed by atoms with E-state index < -0.39 is 0 Å². The van der Waals surface area contributed by atoms with Crippen LogP contribution in [0.25, 0.3) is 6.08 Å². The summed E-state index contributed by atoms with van der Waals surface area (Å²) in [5.74, 6) is 1.79. The fraction of sp³-hybridized carbons (Fsp3) is 0.444. The van der Waals surface area contributed by atoms with Crippen LogP contribution in [0.1, 0.15) is 37.7 Å². The number of hydrogen-bond acceptors (Lipinski definition) is 5. The zero-order chi connectivity index (χ0) is 16.2. The molecule has 5 nitrogen and oxygen atoms in total. The van der Waals surface area contributed by atoms with Gasteiger partial charge < -0.3 is 14.2 Å². The standard InChI is InChI=1S/C18H21NO4/c1-21-14-9-8-13(16(11-14)22-2)10-15-18(20)23-17(19-15)12-6-4-3-5-7-12/h8-12H,3-7H2,1-2H3/b15-10+. The first-order valence-electron chi connectivity index (χ1n) is 7.95. The smallest absolute Gasteiger partial charge is 0.363 e. The van der Waals surface area contributed by atoms with Gasteiger partial charge in [-0.15, -0.1) is 0 Å². The molecule has 0 N–H and O–H groups in total. The second-order valence-corrected chi connectivity index (χ2v) is 5.81. The zero-order valence-corrected chi connectivity index (χ0v) is 13.5. The average molecular weight is 315 g/mol. The van der Waals surface area contributed by atoms with E-state index in [2.05, 4.69) is 4.99 Å². The Morgan fingerprint density at radius 2 is 1.96 bits per heavy atom. The van der Waals surface area contributed by atoms with E-state index >= 15 is 0 Å². The minimum atomic E-state index is -0.386. The number of methoxy groups -OCH3 is 2. The number of aliphatic imine (C=N–C) groups is 1. The van der Waals surface area contributed by atoms with Crippen molar-refractivity contribution in [1.29, 1.82) is 0 Å². The van der Waals surface area contributed by atoms with Crippen molar-refractivity contribution in [2.45, 2.75) is 32.1 Å². The molecule has 1 aliphatic heterocycles. The van der Waals surface area contributed by atoms with Crippen LogP contribution in [0.5, 0.6) is 11.5 Å². The Morgan fingerprint density at radius 1 is 1.17 bits per heavy atom. The molecule has 0 radical (unpaired) electrons. The van der Waals surface area contributed by atoms with Crippen molar-refractivity contribution >= 4 is 17.9 Å². The Kier molecular flexibility index (Phi) is 4.65. The maximum Gasteiger partial charge on any atom is 0.363 e. The summed E-state index contributed by atoms with van der Waals surface area (Å²) in [4.78, 5) is 16.5. The lowest BCUT2D eigenvalue weighted by Gasteiger charge is -2.19. The number of cyclic esters (lactones) is 1. The number of benzene rings is 1. The Hall–Kier alpha value is -2.30. The van der Waals surface area contributed by atoms with E-state index in [1.807, 2.05) is 12.1 Å². The number of nitrogens with zero attached hydrogens (tertiary/aromatic N) is 1. The summed E-state index contributed by atoms with van der Waals surface area (Å²) in [6, 6.07) is 5.44. The summed E-state index contributed by atoms with van der Waals surface area (Å²) in [7, 11) is 3.18. The lowest BCUT2D eigenvalue weighted by atomic mass is 9.89. The van der Waals surface area contributed by atoms with Crippen molar-refractivity contribution < 1.29 is 19.0 Å². The van der Waals surface area contributed by atoms with E-state index in [1.54, 1.807) is 26.4 Å². The van der Waals surface area contributed by atoms with Gasteiger partial charge in [0.25, 0.3) is 0 Å². The molecule has 0 saturated heterocycles. The molecule has 1 saturated carbocycles. The second-order valence-electron chi connectivity index (χ2n) is 5.81. The molecule has 0 aromatic heterocycles. The number of rotatable bonds is 4. The summed E-state index contributed by atoms with van der Waals surface area (Å²) < 4.78 is 15.9. The molecule has 2 aliphatic rings. The van der Waals surface area contributed by atoms with Gasteiger partial charge in [-0.2, -0.15) is 0 Å². The van der Waals surface area contributed by atoms with Crippen LogP contribution in [0.4, 0.5) is 0 Å². The third-order valence-electron chi connectivity index (χ3n) is 4.32. The van der Waals surface area contributed by atoms with Crippen molar-refractivity contribution in [2.75, 3.05) is 14.2 Å². The van der Waals surface area contributed by atoms with E-state index in [0.29, 0.717) is 23.1 Å². The van der Waals surface area contributed by atoms with Gasteiger partial charge in [0.2, 0.25) is 5.90 Å². The van der Waals surface area contributed by atoms with Gasteiger partial charge in [0.1, 0.15) is 11.5 Å². The van der Waals surface area contributed by atoms with Gasteiger partial charge in [0.05, 0.1) is 14.2 Å². The molecule has 0 amide bonds. The molecule has 0 bridgehead atoms. The lowest BCUT2D eigenvalue weighted by molar-refractivity contribution is -0.130. The largest absolute Gasteiger partial charge is 0.497 e. The normalized spacial score (nSPS) is 20.3. The summed E-state index contributed by atoms with van der Waals surface area (Å²) >= 11 is 0. The van der Waals surface area contributed by atoms with E-state index in [-0.39, 0.29) is 11.9 Å². The quantitative estimate of drug-likeness (QED) is 0.629. The maximum atomic E-state index is 12.1. The first kappa shape index (κ1) is 15.6. The van der Waals surface area contributed by atoms with Gasteiger partial charge in [-0.1, -0.05) is 19.3 Å². The van der Waals surface area contributed by atoms with Gasteiger partial charge >= 0.3 is 5.97 Å². The molecular formula is C18H21NO4. The van der Waals surface area contributed by atoms with Crippen LogP contribution in [0, 0.1) is 5.92 Å². The molecule has 0 spiro atoms. The first-order valence-corrected chi connectivity index (χ1v) is 7.95. The van der Waals surface area contributed by atoms with Crippen molar-refractivity contribution in [1.82, 2.24) is 0 Å². The highest BCUT2D eigenvalue weighted by Crippen LogP contribution is 2.31. The molecular weight excluding hydrogens is 294 g/mol. The molecule has 3 rings (SSSR count). The van der Waals surface area contributed by atoms with Gasteiger partial charge in [0.15, 0.2) is 5.70 Å². The van der Waals surface area contributed by atoms with Crippen LogP contribution in [0.15, 0.2) is 28.9 Å². The molecule has 1 fully saturated rings. The molecule has 1 aromatic carbocycles. The predicted octanol–water partition coefficient (Wildman–Crippen LogP) is 3.58. The molecule has 0 unspecified atom stereocenters. The number of ether oxygens (including phenoxy) is 3. The van der Waals surface area contributed by atoms with E-state index in [9.17, 15) is 4.79 Å². The van der Waals surface area contributed by atoms with Crippen LogP contribution in [0.2, 0.25) is 0 Å². The fourth-order valence-corrected chi connectivity index (χ4v) is 3.03. The van der Waals surface area contributed by atoms with Gasteiger partial charge in [0, 0.05) is 17.5 Å². The van der Waals surface area contributed by atoms with Crippen molar-refractivity contribution in [3.8, 4) is 11.5 Å². The van der Waals surface area contributed by atoms with E-state index in [1.165, 1.54) is 19.3 Å². The number of carbonyl (C=O) groups excluding carboxylic acids is 1. The average Bonchev–Trinajstić information content (AvgIpc) is 2.97. The first-order chi connectivity index (χ1) is 11.2. The minimum absolute atomic E-state index is 0.274. The van der Waals surface area contributed by atoms with Crippen LogP contribution in [-0.2, 0) is 9.53 Å². The summed E-state index contributed by atoms with van der Waals surface area (Å²) in [6.45, 7) is 0. The topological polar surface area (TPSA) is 57.1 Å². The molecule has 23 heavy (non-hydrogen) atoms. The maximum absolute atomic E-state index is 12.1. The summed E-state index contributed by atoms with van der Waals surface area (Å²) in [5.41, 5.74) is 1.10. The summed E-state index contributed by atoms with van der Waals surface area (Å²) in [5, 5.41) is 0. The zero-order valence-electron chi connectivity index (χ0n) is 13.5. The highest BCUT2D eigenvalue weighted by Gasteiger charge is 2.30. The van der Waals surface area contributed by atoms with Crippen molar-refractivity contribution in [3.05, 3.63) is 29.5 Å². The van der Waals surface area contributed by atoms with Gasteiger partial charge in [-0.3, -0.25) is 0 Å². The van der Waals surface area contributed by atoms with E-state index in [4.69, 9.17) is 14.2 Å². The van der Waals surface area contributed by atoms with Crippen LogP contribution in [0.3, 0.4) is 0 Å². The van der Waals surface area contributed by atoms with Gasteiger partial charge in [-0.25, -0.2) is 9.79 Å². The Labute approximate surface area is 136 Å². The predicted molar refractivity (Wildman–Crippen MR) is 87.6 cm³/mol. The molecule has 0 atom stereocenters. The third kappa shape index (κ3) is 3.38. The molecule has 1 aliphatic carbocycles. The molecule has 1 aromatic rings. The molecule has 122 valence electrons. The highest BCUT2D eigenvalue weighted by atomic mass is 16.6. The third-order valence-corrected chi connectivity index (χ3v) is 4.32. The van der Waals surface area contributed by atoms with Crippen molar-refractivity contribution in [3.63, 3.8) is 0 Å². The number of hydrogen-bond donors (Lipinski definition) is 0. The van der Waals surface area contributed by atoms with Crippen LogP contribution in [-0.4, -0.2) is 26.1 Å². The Morgan fingerprint density at radius 3 is 2.65 bits per heavy atom. The van der Waals surface area contributed by atoms with Crippen LogP contribution >= 0.6 is 0 Å². The van der Waals surface area contributed by atoms with Crippen molar-refractivity contribution in [2.24, 2.45) is 10.9 Å². The monoisotopic (exact) mass is 315 g/mol. The number of esters is 1. The SMILES string of the molecule is COc1ccc(/C=C2/N=C(C3CCCCC3)OC2=O)c(OC)c1. The lowest BCUT2D eigenvalue weighted by Crippen LogP contribution is -2.19. The Bertz CT molecular complexity index is 657. The second kappa shape index (κ2) is 6.86. The highest BCUT2D eigenvalue weighted by molar-refractivity contribution is 6.08. The van der Waals surface area contributed by atoms with Crippen LogP contribution < -0.4 is 9.47 Å². The van der Waals surface area contributed by atoms with E-state index in [0.717, 1.165) is 18.4 Å². The summed E-state index contributed by atoms with van der Waals surface area (Å²) in [6.07, 6.45) is 7.40. The number of carbonyl (C=O) groups is 1. The minimum Gasteiger partial charge on any atom is -0.497 e.